The highest BCUT2D eigenvalue weighted by Crippen LogP contribution is 2.37. The molecular formula is C23H15F3N2O3. The molecule has 0 heterocycles. The van der Waals surface area contributed by atoms with Crippen LogP contribution in [0.25, 0.3) is 11.1 Å². The molecule has 0 spiro atoms. The van der Waals surface area contributed by atoms with Gasteiger partial charge in [0.2, 0.25) is 5.91 Å². The van der Waals surface area contributed by atoms with Gasteiger partial charge in [-0.25, -0.2) is 0 Å². The molecule has 2 amide bonds. The van der Waals surface area contributed by atoms with Crippen LogP contribution in [0, 0.1) is 0 Å². The number of anilines is 2. The van der Waals surface area contributed by atoms with Crippen molar-refractivity contribution in [3.8, 4) is 11.1 Å². The lowest BCUT2D eigenvalue weighted by Crippen LogP contribution is -2.17. The molecule has 1 aliphatic carbocycles. The van der Waals surface area contributed by atoms with Crippen molar-refractivity contribution in [2.45, 2.75) is 13.1 Å². The van der Waals surface area contributed by atoms with E-state index in [1.54, 1.807) is 30.3 Å². The first-order valence-electron chi connectivity index (χ1n) is 9.23. The third-order valence-corrected chi connectivity index (χ3v) is 4.89. The number of carbonyl (C=O) groups excluding carboxylic acids is 3. The van der Waals surface area contributed by atoms with Gasteiger partial charge in [-0.05, 0) is 41.5 Å². The summed E-state index contributed by atoms with van der Waals surface area (Å²) in [4.78, 5) is 36.8. The standard InChI is InChI=1S/C23H15F3N2O3/c1-12(29)27-19-9-7-14(23(24,25)26)11-20(19)28-22(31)13-6-8-16-15-4-2-3-5-17(15)21(30)18(16)10-13/h2-11H,1H3,(H,27,29)(H,28,31). The molecule has 4 rings (SSSR count). The van der Waals surface area contributed by atoms with E-state index in [4.69, 9.17) is 0 Å². The molecule has 156 valence electrons. The Morgan fingerprint density at radius 3 is 2.13 bits per heavy atom. The van der Waals surface area contributed by atoms with Crippen LogP contribution < -0.4 is 10.6 Å². The molecule has 0 aliphatic heterocycles. The van der Waals surface area contributed by atoms with E-state index in [1.807, 2.05) is 0 Å². The molecule has 0 atom stereocenters. The molecule has 0 saturated heterocycles. The molecule has 0 aromatic heterocycles. The lowest BCUT2D eigenvalue weighted by Gasteiger charge is -2.15. The molecule has 3 aromatic carbocycles. The van der Waals surface area contributed by atoms with E-state index >= 15 is 0 Å². The summed E-state index contributed by atoms with van der Waals surface area (Å²) in [6, 6.07) is 14.2. The first-order valence-corrected chi connectivity index (χ1v) is 9.23. The third kappa shape index (κ3) is 3.79. The molecule has 2 N–H and O–H groups in total. The summed E-state index contributed by atoms with van der Waals surface area (Å²) in [5.74, 6) is -1.44. The minimum Gasteiger partial charge on any atom is -0.325 e. The zero-order valence-corrected chi connectivity index (χ0v) is 16.1. The molecule has 1 aliphatic rings. The molecule has 0 saturated carbocycles. The van der Waals surface area contributed by atoms with Gasteiger partial charge in [-0.15, -0.1) is 0 Å². The summed E-state index contributed by atoms with van der Waals surface area (Å²) in [5, 5.41) is 4.80. The Balaban J connectivity index is 1.68. The molecule has 0 fully saturated rings. The molecule has 31 heavy (non-hydrogen) atoms. The fourth-order valence-electron chi connectivity index (χ4n) is 3.49. The van der Waals surface area contributed by atoms with E-state index in [0.29, 0.717) is 16.7 Å². The highest BCUT2D eigenvalue weighted by molar-refractivity contribution is 6.22. The molecule has 5 nitrogen and oxygen atoms in total. The number of nitrogens with one attached hydrogen (secondary N) is 2. The molecular weight excluding hydrogens is 409 g/mol. The summed E-state index contributed by atoms with van der Waals surface area (Å²) in [6.07, 6.45) is -4.63. The first-order chi connectivity index (χ1) is 14.6. The number of halogens is 3. The van der Waals surface area contributed by atoms with Crippen molar-refractivity contribution in [1.29, 1.82) is 0 Å². The predicted octanol–water partition coefficient (Wildman–Crippen LogP) is 5.13. The zero-order chi connectivity index (χ0) is 22.3. The van der Waals surface area contributed by atoms with Crippen LogP contribution in [0.4, 0.5) is 24.5 Å². The quantitative estimate of drug-likeness (QED) is 0.479. The SMILES string of the molecule is CC(=O)Nc1ccc(C(F)(F)F)cc1NC(=O)c1ccc2c(c1)C(=O)c1ccccc1-2. The van der Waals surface area contributed by atoms with E-state index in [-0.39, 0.29) is 22.7 Å². The van der Waals surface area contributed by atoms with Crippen molar-refractivity contribution in [2.75, 3.05) is 10.6 Å². The number of carbonyl (C=O) groups is 3. The van der Waals surface area contributed by atoms with E-state index in [9.17, 15) is 27.6 Å². The summed E-state index contributed by atoms with van der Waals surface area (Å²) in [6.45, 7) is 1.20. The topological polar surface area (TPSA) is 75.3 Å². The predicted molar refractivity (Wildman–Crippen MR) is 109 cm³/mol. The second-order valence-corrected chi connectivity index (χ2v) is 7.03. The van der Waals surface area contributed by atoms with Gasteiger partial charge in [0, 0.05) is 23.6 Å². The van der Waals surface area contributed by atoms with Crippen LogP contribution in [0.5, 0.6) is 0 Å². The van der Waals surface area contributed by atoms with Crippen molar-refractivity contribution >= 4 is 29.0 Å². The van der Waals surface area contributed by atoms with E-state index < -0.39 is 23.6 Å². The van der Waals surface area contributed by atoms with Crippen LogP contribution in [0.15, 0.2) is 60.7 Å². The minimum absolute atomic E-state index is 0.0264. The lowest BCUT2D eigenvalue weighted by atomic mass is 10.0. The molecule has 0 unspecified atom stereocenters. The maximum atomic E-state index is 13.1. The zero-order valence-electron chi connectivity index (χ0n) is 16.1. The molecule has 3 aromatic rings. The van der Waals surface area contributed by atoms with Gasteiger partial charge < -0.3 is 10.6 Å². The Bertz CT molecular complexity index is 1250. The average molecular weight is 424 g/mol. The number of hydrogen-bond acceptors (Lipinski definition) is 3. The van der Waals surface area contributed by atoms with E-state index in [0.717, 1.165) is 23.8 Å². The fraction of sp³-hybridized carbons (Fsp3) is 0.0870. The maximum absolute atomic E-state index is 13.1. The van der Waals surface area contributed by atoms with Gasteiger partial charge in [0.25, 0.3) is 5.91 Å². The summed E-state index contributed by atoms with van der Waals surface area (Å²) in [5.41, 5.74) is 1.28. The second-order valence-electron chi connectivity index (χ2n) is 7.03. The van der Waals surface area contributed by atoms with Gasteiger partial charge in [-0.1, -0.05) is 30.3 Å². The highest BCUT2D eigenvalue weighted by atomic mass is 19.4. The number of ketones is 1. The number of alkyl halides is 3. The number of hydrogen-bond donors (Lipinski definition) is 2. The van der Waals surface area contributed by atoms with Gasteiger partial charge in [0.15, 0.2) is 5.78 Å². The van der Waals surface area contributed by atoms with Crippen LogP contribution in [0.1, 0.15) is 38.8 Å². The minimum atomic E-state index is -4.63. The van der Waals surface area contributed by atoms with E-state index in [2.05, 4.69) is 10.6 Å². The number of benzene rings is 3. The van der Waals surface area contributed by atoms with Crippen molar-refractivity contribution in [2.24, 2.45) is 0 Å². The van der Waals surface area contributed by atoms with Crippen molar-refractivity contribution in [1.82, 2.24) is 0 Å². The Morgan fingerprint density at radius 1 is 0.774 bits per heavy atom. The van der Waals surface area contributed by atoms with Crippen LogP contribution in [0.2, 0.25) is 0 Å². The third-order valence-electron chi connectivity index (χ3n) is 4.89. The van der Waals surface area contributed by atoms with Crippen LogP contribution in [-0.4, -0.2) is 17.6 Å². The summed E-state index contributed by atoms with van der Waals surface area (Å²) < 4.78 is 39.3. The van der Waals surface area contributed by atoms with Gasteiger partial charge >= 0.3 is 6.18 Å². The first kappa shape index (κ1) is 20.3. The monoisotopic (exact) mass is 424 g/mol. The fourth-order valence-corrected chi connectivity index (χ4v) is 3.49. The Morgan fingerprint density at radius 2 is 1.45 bits per heavy atom. The largest absolute Gasteiger partial charge is 0.416 e. The maximum Gasteiger partial charge on any atom is 0.416 e. The highest BCUT2D eigenvalue weighted by Gasteiger charge is 2.32. The summed E-state index contributed by atoms with van der Waals surface area (Å²) >= 11 is 0. The van der Waals surface area contributed by atoms with Crippen LogP contribution >= 0.6 is 0 Å². The molecule has 8 heteroatoms. The Hall–Kier alpha value is -3.94. The smallest absolute Gasteiger partial charge is 0.325 e. The van der Waals surface area contributed by atoms with Gasteiger partial charge in [-0.3, -0.25) is 14.4 Å². The Labute approximate surface area is 174 Å². The van der Waals surface area contributed by atoms with Crippen LogP contribution in [-0.2, 0) is 11.0 Å². The van der Waals surface area contributed by atoms with E-state index in [1.165, 1.54) is 19.1 Å². The molecule has 0 bridgehead atoms. The van der Waals surface area contributed by atoms with Gasteiger partial charge in [-0.2, -0.15) is 13.2 Å². The van der Waals surface area contributed by atoms with Crippen molar-refractivity contribution < 1.29 is 27.6 Å². The van der Waals surface area contributed by atoms with Crippen molar-refractivity contribution in [3.63, 3.8) is 0 Å². The van der Waals surface area contributed by atoms with Crippen LogP contribution in [0.3, 0.4) is 0 Å². The molecule has 0 radical (unpaired) electrons. The average Bonchev–Trinajstić information content (AvgIpc) is 3.00. The summed E-state index contributed by atoms with van der Waals surface area (Å²) in [7, 11) is 0. The lowest BCUT2D eigenvalue weighted by molar-refractivity contribution is -0.137. The second kappa shape index (κ2) is 7.39. The number of fused-ring (bicyclic) bond motifs is 3. The van der Waals surface area contributed by atoms with Crippen molar-refractivity contribution in [3.05, 3.63) is 82.9 Å². The number of amides is 2. The normalized spacial score (nSPS) is 12.2. The Kier molecular flexibility index (Phi) is 4.85. The van der Waals surface area contributed by atoms with Gasteiger partial charge in [0.1, 0.15) is 0 Å². The number of rotatable bonds is 3. The van der Waals surface area contributed by atoms with Gasteiger partial charge in [0.05, 0.1) is 16.9 Å².